The monoisotopic (exact) mass is 646 g/mol. The van der Waals surface area contributed by atoms with Crippen LogP contribution < -0.4 is 9.47 Å². The van der Waals surface area contributed by atoms with Gasteiger partial charge in [-0.15, -0.1) is 0 Å². The van der Waals surface area contributed by atoms with Gasteiger partial charge in [-0.1, -0.05) is 71.8 Å². The normalized spacial score (nSPS) is 13.3. The van der Waals surface area contributed by atoms with Gasteiger partial charge in [0.05, 0.1) is 14.2 Å². The molecule has 0 aliphatic carbocycles. The second-order valence-electron chi connectivity index (χ2n) is 9.34. The first-order valence-electron chi connectivity index (χ1n) is 12.7. The number of ether oxygens (including phenoxy) is 2. The Bertz CT molecular complexity index is 1680. The van der Waals surface area contributed by atoms with Gasteiger partial charge < -0.3 is 19.7 Å². The molecule has 0 saturated carbocycles. The lowest BCUT2D eigenvalue weighted by Crippen LogP contribution is -2.19. The average molecular weight is 648 g/mol. The minimum Gasteiger partial charge on any atom is -0.504 e. The number of methoxy groups -OCH3 is 2. The number of phenolic OH excluding ortho intramolecular Hbond substituents is 2. The fourth-order valence-electron chi connectivity index (χ4n) is 4.40. The van der Waals surface area contributed by atoms with Crippen LogP contribution in [0.2, 0.25) is 10.0 Å². The van der Waals surface area contributed by atoms with Crippen molar-refractivity contribution in [2.45, 2.75) is 10.5 Å². The van der Waals surface area contributed by atoms with E-state index in [2.05, 4.69) is 0 Å². The highest BCUT2D eigenvalue weighted by Gasteiger charge is 2.36. The molecule has 2 N–H and O–H groups in total. The SMILES string of the molecule is COc1cc(/C=C\C(c2ccc(F)cc2Cl)S(=O)(=O)C(/C=C\c2ccc(O)c(OC)c2)c2ccc(F)cc2Cl)ccc1O. The van der Waals surface area contributed by atoms with Crippen molar-refractivity contribution < 1.29 is 36.9 Å². The number of sulfone groups is 1. The van der Waals surface area contributed by atoms with Crippen molar-refractivity contribution in [2.75, 3.05) is 14.2 Å². The van der Waals surface area contributed by atoms with Crippen LogP contribution >= 0.6 is 23.2 Å². The van der Waals surface area contributed by atoms with Crippen molar-refractivity contribution in [3.05, 3.63) is 129 Å². The van der Waals surface area contributed by atoms with E-state index in [0.717, 1.165) is 24.3 Å². The van der Waals surface area contributed by atoms with Crippen molar-refractivity contribution in [1.82, 2.24) is 0 Å². The highest BCUT2D eigenvalue weighted by atomic mass is 35.5. The number of hydrogen-bond donors (Lipinski definition) is 2. The van der Waals surface area contributed by atoms with E-state index in [0.29, 0.717) is 11.1 Å². The van der Waals surface area contributed by atoms with Crippen LogP contribution in [0, 0.1) is 11.6 Å². The van der Waals surface area contributed by atoms with Gasteiger partial charge in [0.1, 0.15) is 22.1 Å². The van der Waals surface area contributed by atoms with Crippen molar-refractivity contribution in [2.24, 2.45) is 0 Å². The second kappa shape index (κ2) is 13.5. The van der Waals surface area contributed by atoms with Crippen LogP contribution in [-0.4, -0.2) is 32.9 Å². The molecule has 0 amide bonds. The molecule has 0 heterocycles. The van der Waals surface area contributed by atoms with E-state index in [1.807, 2.05) is 0 Å². The lowest BCUT2D eigenvalue weighted by Gasteiger charge is -2.23. The number of benzene rings is 4. The highest BCUT2D eigenvalue weighted by molar-refractivity contribution is 7.92. The molecular formula is C32H26Cl2F2O6S. The Labute approximate surface area is 258 Å². The Morgan fingerprint density at radius 3 is 1.42 bits per heavy atom. The van der Waals surface area contributed by atoms with Crippen LogP contribution in [-0.2, 0) is 9.84 Å². The topological polar surface area (TPSA) is 93.1 Å². The fourth-order valence-corrected chi connectivity index (χ4v) is 7.12. The van der Waals surface area contributed by atoms with Gasteiger partial charge in [-0.2, -0.15) is 0 Å². The Morgan fingerprint density at radius 2 is 1.07 bits per heavy atom. The predicted octanol–water partition coefficient (Wildman–Crippen LogP) is 8.32. The van der Waals surface area contributed by atoms with Crippen molar-refractivity contribution in [1.29, 1.82) is 0 Å². The first kappa shape index (κ1) is 31.9. The third kappa shape index (κ3) is 7.30. The van der Waals surface area contributed by atoms with Gasteiger partial charge in [-0.25, -0.2) is 17.2 Å². The van der Waals surface area contributed by atoms with Crippen LogP contribution in [0.25, 0.3) is 12.2 Å². The van der Waals surface area contributed by atoms with E-state index < -0.39 is 32.0 Å². The van der Waals surface area contributed by atoms with Gasteiger partial charge in [-0.05, 0) is 70.8 Å². The zero-order chi connectivity index (χ0) is 31.3. The smallest absolute Gasteiger partial charge is 0.171 e. The van der Waals surface area contributed by atoms with Gasteiger partial charge in [0.25, 0.3) is 0 Å². The van der Waals surface area contributed by atoms with E-state index in [1.54, 1.807) is 12.1 Å². The van der Waals surface area contributed by atoms with Crippen molar-refractivity contribution in [3.8, 4) is 23.0 Å². The Hall–Kier alpha value is -4.05. The molecule has 224 valence electrons. The molecule has 0 fully saturated rings. The fraction of sp³-hybridized carbons (Fsp3) is 0.125. The summed E-state index contributed by atoms with van der Waals surface area (Å²) in [7, 11) is -1.62. The number of halogens is 4. The molecule has 0 spiro atoms. The van der Waals surface area contributed by atoms with E-state index in [4.69, 9.17) is 32.7 Å². The van der Waals surface area contributed by atoms with E-state index in [1.165, 1.54) is 74.9 Å². The van der Waals surface area contributed by atoms with Gasteiger partial charge in [0.15, 0.2) is 32.8 Å². The predicted molar refractivity (Wildman–Crippen MR) is 165 cm³/mol. The molecule has 2 atom stereocenters. The third-order valence-electron chi connectivity index (χ3n) is 6.58. The largest absolute Gasteiger partial charge is 0.504 e. The summed E-state index contributed by atoms with van der Waals surface area (Å²) in [6, 6.07) is 15.7. The molecule has 4 rings (SSSR count). The summed E-state index contributed by atoms with van der Waals surface area (Å²) in [6.07, 6.45) is 5.76. The van der Waals surface area contributed by atoms with Crippen LogP contribution in [0.4, 0.5) is 8.78 Å². The van der Waals surface area contributed by atoms with Crippen LogP contribution in [0.1, 0.15) is 32.8 Å². The standard InChI is InChI=1S/C32H26Cl2F2O6S/c1-41-29-15-19(3-11-27(29)37)5-13-31(23-9-7-21(35)17-25(23)33)43(39,40)32(24-10-8-22(36)18-26(24)34)14-6-20-4-12-28(38)30(16-20)42-2/h3-18,31-32,37-38H,1-2H3/b13-5-,14-6-. The van der Waals surface area contributed by atoms with Crippen LogP contribution in [0.3, 0.4) is 0 Å². The molecule has 11 heteroatoms. The summed E-state index contributed by atoms with van der Waals surface area (Å²) in [4.78, 5) is 0. The van der Waals surface area contributed by atoms with Gasteiger partial charge in [-0.3, -0.25) is 0 Å². The van der Waals surface area contributed by atoms with E-state index in [-0.39, 0.29) is 44.2 Å². The summed E-state index contributed by atoms with van der Waals surface area (Å²) in [5.74, 6) is -1.18. The molecule has 4 aromatic carbocycles. The summed E-state index contributed by atoms with van der Waals surface area (Å²) in [6.45, 7) is 0. The molecule has 2 unspecified atom stereocenters. The molecule has 0 bridgehead atoms. The summed E-state index contributed by atoms with van der Waals surface area (Å²) in [5, 5.41) is 16.8. The maximum Gasteiger partial charge on any atom is 0.171 e. The maximum absolute atomic E-state index is 14.6. The zero-order valence-electron chi connectivity index (χ0n) is 22.8. The highest BCUT2D eigenvalue weighted by Crippen LogP contribution is 2.42. The lowest BCUT2D eigenvalue weighted by atomic mass is 10.1. The lowest BCUT2D eigenvalue weighted by molar-refractivity contribution is 0.373. The summed E-state index contributed by atoms with van der Waals surface area (Å²) < 4.78 is 67.5. The number of aromatic hydroxyl groups is 2. The minimum atomic E-state index is -4.38. The van der Waals surface area contributed by atoms with Gasteiger partial charge in [0, 0.05) is 10.0 Å². The molecular weight excluding hydrogens is 621 g/mol. The van der Waals surface area contributed by atoms with Gasteiger partial charge >= 0.3 is 0 Å². The molecule has 0 aromatic heterocycles. The average Bonchev–Trinajstić information content (AvgIpc) is 2.96. The molecule has 0 radical (unpaired) electrons. The maximum atomic E-state index is 14.6. The number of rotatable bonds is 10. The Balaban J connectivity index is 1.90. The van der Waals surface area contributed by atoms with Crippen LogP contribution in [0.5, 0.6) is 23.0 Å². The number of hydrogen-bond acceptors (Lipinski definition) is 6. The summed E-state index contributed by atoms with van der Waals surface area (Å²) >= 11 is 12.8. The minimum absolute atomic E-state index is 0.0907. The Morgan fingerprint density at radius 1 is 0.674 bits per heavy atom. The van der Waals surface area contributed by atoms with Gasteiger partial charge in [0.2, 0.25) is 0 Å². The third-order valence-corrected chi connectivity index (χ3v) is 9.47. The van der Waals surface area contributed by atoms with Crippen LogP contribution in [0.15, 0.2) is 84.9 Å². The zero-order valence-corrected chi connectivity index (χ0v) is 25.2. The van der Waals surface area contributed by atoms with E-state index >= 15 is 0 Å². The first-order valence-corrected chi connectivity index (χ1v) is 15.0. The first-order chi connectivity index (χ1) is 20.4. The molecule has 0 aliphatic heterocycles. The van der Waals surface area contributed by atoms with E-state index in [9.17, 15) is 27.4 Å². The summed E-state index contributed by atoms with van der Waals surface area (Å²) in [5.41, 5.74) is 1.17. The second-order valence-corrected chi connectivity index (χ2v) is 12.4. The number of phenols is 2. The molecule has 4 aromatic rings. The molecule has 0 saturated heterocycles. The molecule has 6 nitrogen and oxygen atoms in total. The quantitative estimate of drug-likeness (QED) is 0.180. The molecule has 43 heavy (non-hydrogen) atoms. The Kier molecular flexibility index (Phi) is 10.0. The molecule has 0 aliphatic rings. The van der Waals surface area contributed by atoms with Crippen molar-refractivity contribution in [3.63, 3.8) is 0 Å². The van der Waals surface area contributed by atoms with Crippen molar-refractivity contribution >= 4 is 45.2 Å².